The molecule has 1 aromatic carbocycles. The maximum absolute atomic E-state index is 9.08. The molecule has 0 aliphatic heterocycles. The number of imidazole rings is 1. The van der Waals surface area contributed by atoms with E-state index in [0.29, 0.717) is 23.0 Å². The lowest BCUT2D eigenvalue weighted by Crippen LogP contribution is -2.25. The summed E-state index contributed by atoms with van der Waals surface area (Å²) in [5, 5.41) is 9.08. The lowest BCUT2D eigenvalue weighted by molar-refractivity contribution is 0.187. The highest BCUT2D eigenvalue weighted by Gasteiger charge is 2.30. The Bertz CT molecular complexity index is 690. The zero-order valence-corrected chi connectivity index (χ0v) is 12.1. The van der Waals surface area contributed by atoms with Gasteiger partial charge in [-0.2, -0.15) is 5.26 Å². The van der Waals surface area contributed by atoms with Gasteiger partial charge in [0.1, 0.15) is 0 Å². The second kappa shape index (κ2) is 4.52. The van der Waals surface area contributed by atoms with Gasteiger partial charge in [0.2, 0.25) is 5.95 Å². The van der Waals surface area contributed by atoms with E-state index >= 15 is 0 Å². The lowest BCUT2D eigenvalue weighted by Gasteiger charge is -2.36. The number of nitrogen functional groups attached to an aromatic ring is 1. The van der Waals surface area contributed by atoms with Crippen LogP contribution in [-0.2, 0) is 0 Å². The summed E-state index contributed by atoms with van der Waals surface area (Å²) in [6.07, 6.45) is 4.73. The molecule has 0 spiro atoms. The number of hydrogen-bond acceptors (Lipinski definition) is 3. The summed E-state index contributed by atoms with van der Waals surface area (Å²) in [7, 11) is 0. The van der Waals surface area contributed by atoms with Gasteiger partial charge in [-0.05, 0) is 42.9 Å². The molecule has 1 aliphatic rings. The first-order chi connectivity index (χ1) is 9.50. The number of nitrogens with two attached hydrogens (primary N) is 1. The second-order valence-electron chi connectivity index (χ2n) is 6.57. The second-order valence-corrected chi connectivity index (χ2v) is 6.57. The van der Waals surface area contributed by atoms with E-state index in [1.807, 2.05) is 12.1 Å². The zero-order chi connectivity index (χ0) is 14.3. The molecule has 3 rings (SSSR count). The van der Waals surface area contributed by atoms with Crippen LogP contribution in [0.5, 0.6) is 0 Å². The van der Waals surface area contributed by atoms with Crippen molar-refractivity contribution in [2.45, 2.75) is 45.6 Å². The molecule has 104 valence electrons. The fourth-order valence-electron chi connectivity index (χ4n) is 3.44. The Hall–Kier alpha value is -2.02. The molecule has 20 heavy (non-hydrogen) atoms. The molecule has 2 aromatic rings. The van der Waals surface area contributed by atoms with Crippen molar-refractivity contribution in [3.8, 4) is 6.07 Å². The highest BCUT2D eigenvalue weighted by Crippen LogP contribution is 2.42. The number of nitriles is 1. The van der Waals surface area contributed by atoms with Crippen molar-refractivity contribution in [3.63, 3.8) is 0 Å². The Labute approximate surface area is 119 Å². The third kappa shape index (κ3) is 2.14. The van der Waals surface area contributed by atoms with Crippen LogP contribution in [0, 0.1) is 16.7 Å². The molecular formula is C16H20N4. The van der Waals surface area contributed by atoms with Crippen LogP contribution in [0.1, 0.15) is 51.1 Å². The number of benzene rings is 1. The van der Waals surface area contributed by atoms with Crippen LogP contribution in [0.3, 0.4) is 0 Å². The van der Waals surface area contributed by atoms with Crippen molar-refractivity contribution >= 4 is 17.0 Å². The van der Waals surface area contributed by atoms with Crippen LogP contribution >= 0.6 is 0 Å². The van der Waals surface area contributed by atoms with Gasteiger partial charge in [0.25, 0.3) is 0 Å². The summed E-state index contributed by atoms with van der Waals surface area (Å²) in [4.78, 5) is 4.44. The molecule has 1 saturated carbocycles. The predicted molar refractivity (Wildman–Crippen MR) is 80.1 cm³/mol. The first kappa shape index (κ1) is 13.0. The Morgan fingerprint density at radius 2 is 2.25 bits per heavy atom. The summed E-state index contributed by atoms with van der Waals surface area (Å²) < 4.78 is 2.14. The minimum Gasteiger partial charge on any atom is -0.369 e. The molecule has 4 nitrogen and oxygen atoms in total. The average Bonchev–Trinajstić information content (AvgIpc) is 2.72. The van der Waals surface area contributed by atoms with E-state index in [2.05, 4.69) is 29.5 Å². The number of fused-ring (bicyclic) bond motifs is 1. The molecule has 1 unspecified atom stereocenters. The summed E-state index contributed by atoms with van der Waals surface area (Å²) >= 11 is 0. The van der Waals surface area contributed by atoms with Gasteiger partial charge in [0.05, 0.1) is 22.7 Å². The predicted octanol–water partition coefficient (Wildman–Crippen LogP) is 3.63. The van der Waals surface area contributed by atoms with E-state index in [-0.39, 0.29) is 0 Å². The molecular weight excluding hydrogens is 248 g/mol. The van der Waals surface area contributed by atoms with Gasteiger partial charge in [-0.3, -0.25) is 0 Å². The molecule has 1 aliphatic carbocycles. The smallest absolute Gasteiger partial charge is 0.201 e. The highest BCUT2D eigenvalue weighted by atomic mass is 15.2. The van der Waals surface area contributed by atoms with Crippen LogP contribution in [0.2, 0.25) is 0 Å². The number of hydrogen-bond donors (Lipinski definition) is 1. The average molecular weight is 268 g/mol. The van der Waals surface area contributed by atoms with Crippen molar-refractivity contribution < 1.29 is 0 Å². The monoisotopic (exact) mass is 268 g/mol. The summed E-state index contributed by atoms with van der Waals surface area (Å²) in [6, 6.07) is 8.16. The van der Waals surface area contributed by atoms with Crippen LogP contribution in [0.4, 0.5) is 5.95 Å². The van der Waals surface area contributed by atoms with Crippen molar-refractivity contribution in [1.29, 1.82) is 5.26 Å². The van der Waals surface area contributed by atoms with E-state index in [1.54, 1.807) is 6.07 Å². The fourth-order valence-corrected chi connectivity index (χ4v) is 3.44. The zero-order valence-electron chi connectivity index (χ0n) is 12.1. The fraction of sp³-hybridized carbons (Fsp3) is 0.500. The Balaban J connectivity index is 2.10. The van der Waals surface area contributed by atoms with Gasteiger partial charge in [0.15, 0.2) is 0 Å². The van der Waals surface area contributed by atoms with E-state index in [4.69, 9.17) is 11.0 Å². The van der Waals surface area contributed by atoms with Gasteiger partial charge in [0, 0.05) is 6.04 Å². The molecule has 1 atom stereocenters. The van der Waals surface area contributed by atoms with E-state index in [1.165, 1.54) is 12.8 Å². The quantitative estimate of drug-likeness (QED) is 0.858. The SMILES string of the molecule is CC1(C)CCCC(n2c(N)nc3ccc(C#N)cc32)C1. The van der Waals surface area contributed by atoms with Crippen molar-refractivity contribution in [2.24, 2.45) is 5.41 Å². The van der Waals surface area contributed by atoms with Crippen LogP contribution in [-0.4, -0.2) is 9.55 Å². The van der Waals surface area contributed by atoms with E-state index in [0.717, 1.165) is 23.9 Å². The molecule has 2 N–H and O–H groups in total. The van der Waals surface area contributed by atoms with E-state index in [9.17, 15) is 0 Å². The van der Waals surface area contributed by atoms with Gasteiger partial charge in [-0.15, -0.1) is 0 Å². The maximum Gasteiger partial charge on any atom is 0.201 e. The first-order valence-electron chi connectivity index (χ1n) is 7.18. The topological polar surface area (TPSA) is 67.6 Å². The van der Waals surface area contributed by atoms with Crippen LogP contribution in [0.15, 0.2) is 18.2 Å². The Kier molecular flexibility index (Phi) is 2.93. The van der Waals surface area contributed by atoms with Gasteiger partial charge >= 0.3 is 0 Å². The van der Waals surface area contributed by atoms with Crippen molar-refractivity contribution in [3.05, 3.63) is 23.8 Å². The molecule has 0 amide bonds. The molecule has 1 heterocycles. The minimum absolute atomic E-state index is 0.346. The highest BCUT2D eigenvalue weighted by molar-refractivity contribution is 5.80. The maximum atomic E-state index is 9.08. The van der Waals surface area contributed by atoms with Crippen LogP contribution in [0.25, 0.3) is 11.0 Å². The molecule has 0 bridgehead atoms. The third-order valence-electron chi connectivity index (χ3n) is 4.39. The largest absolute Gasteiger partial charge is 0.369 e. The van der Waals surface area contributed by atoms with Crippen molar-refractivity contribution in [2.75, 3.05) is 5.73 Å². The number of nitrogens with zero attached hydrogens (tertiary/aromatic N) is 3. The summed E-state index contributed by atoms with van der Waals surface area (Å²) in [5.74, 6) is 0.567. The Morgan fingerprint density at radius 3 is 2.95 bits per heavy atom. The normalized spacial score (nSPS) is 21.8. The molecule has 1 fully saturated rings. The van der Waals surface area contributed by atoms with Gasteiger partial charge in [-0.1, -0.05) is 20.3 Å². The van der Waals surface area contributed by atoms with E-state index < -0.39 is 0 Å². The number of aromatic nitrogens is 2. The standard InChI is InChI=1S/C16H20N4/c1-16(2)7-3-4-12(9-16)20-14-8-11(10-17)5-6-13(14)19-15(20)18/h5-6,8,12H,3-4,7,9H2,1-2H3,(H2,18,19). The molecule has 4 heteroatoms. The molecule has 0 saturated heterocycles. The third-order valence-corrected chi connectivity index (χ3v) is 4.39. The Morgan fingerprint density at radius 1 is 1.45 bits per heavy atom. The summed E-state index contributed by atoms with van der Waals surface area (Å²) in [6.45, 7) is 4.63. The van der Waals surface area contributed by atoms with Gasteiger partial charge < -0.3 is 10.3 Å². The first-order valence-corrected chi connectivity index (χ1v) is 7.18. The number of anilines is 1. The van der Waals surface area contributed by atoms with Crippen LogP contribution < -0.4 is 5.73 Å². The minimum atomic E-state index is 0.346. The summed E-state index contributed by atoms with van der Waals surface area (Å²) in [5.41, 5.74) is 9.01. The molecule has 1 aromatic heterocycles. The lowest BCUT2D eigenvalue weighted by atomic mass is 9.75. The molecule has 0 radical (unpaired) electrons. The van der Waals surface area contributed by atoms with Crippen molar-refractivity contribution in [1.82, 2.24) is 9.55 Å². The van der Waals surface area contributed by atoms with Gasteiger partial charge in [-0.25, -0.2) is 4.98 Å². The number of rotatable bonds is 1.